The molecule has 0 saturated heterocycles. The summed E-state index contributed by atoms with van der Waals surface area (Å²) in [7, 11) is 1.99. The highest BCUT2D eigenvalue weighted by molar-refractivity contribution is 7.99. The third kappa shape index (κ3) is 5.37. The SMILES string of the molecule is CCCc1cc(=O)[nH]c(SCC(NC)C(C)CC)n1. The monoisotopic (exact) mass is 283 g/mol. The highest BCUT2D eigenvalue weighted by atomic mass is 32.2. The van der Waals surface area contributed by atoms with Crippen LogP contribution in [0.2, 0.25) is 0 Å². The summed E-state index contributed by atoms with van der Waals surface area (Å²) in [6.45, 7) is 6.53. The fourth-order valence-electron chi connectivity index (χ4n) is 1.92. The van der Waals surface area contributed by atoms with Crippen molar-refractivity contribution in [1.29, 1.82) is 0 Å². The number of nitrogens with one attached hydrogen (secondary N) is 2. The van der Waals surface area contributed by atoms with Crippen LogP contribution in [0.25, 0.3) is 0 Å². The van der Waals surface area contributed by atoms with E-state index in [4.69, 9.17) is 0 Å². The summed E-state index contributed by atoms with van der Waals surface area (Å²) in [5.74, 6) is 1.53. The summed E-state index contributed by atoms with van der Waals surface area (Å²) in [6.07, 6.45) is 3.01. The number of aryl methyl sites for hydroxylation is 1. The second kappa shape index (κ2) is 8.38. The Morgan fingerprint density at radius 2 is 2.21 bits per heavy atom. The number of hydrogen-bond donors (Lipinski definition) is 2. The van der Waals surface area contributed by atoms with Crippen LogP contribution in [0.15, 0.2) is 16.0 Å². The number of nitrogens with zero attached hydrogens (tertiary/aromatic N) is 1. The first kappa shape index (κ1) is 16.2. The number of aromatic nitrogens is 2. The Labute approximate surface area is 119 Å². The molecular weight excluding hydrogens is 258 g/mol. The van der Waals surface area contributed by atoms with Crippen LogP contribution in [0.3, 0.4) is 0 Å². The molecule has 0 saturated carbocycles. The first-order valence-corrected chi connectivity index (χ1v) is 7.99. The highest BCUT2D eigenvalue weighted by Gasteiger charge is 2.14. The number of hydrogen-bond acceptors (Lipinski definition) is 4. The molecule has 1 aromatic heterocycles. The maximum Gasteiger partial charge on any atom is 0.251 e. The van der Waals surface area contributed by atoms with E-state index in [0.717, 1.165) is 35.9 Å². The van der Waals surface area contributed by atoms with Crippen LogP contribution in [0.1, 0.15) is 39.3 Å². The lowest BCUT2D eigenvalue weighted by Crippen LogP contribution is -2.34. The molecule has 0 bridgehead atoms. The number of rotatable bonds is 8. The van der Waals surface area contributed by atoms with E-state index in [9.17, 15) is 4.79 Å². The molecule has 5 heteroatoms. The van der Waals surface area contributed by atoms with E-state index in [2.05, 4.69) is 36.1 Å². The topological polar surface area (TPSA) is 57.8 Å². The molecule has 108 valence electrons. The Morgan fingerprint density at radius 3 is 2.79 bits per heavy atom. The second-order valence-electron chi connectivity index (χ2n) is 4.88. The van der Waals surface area contributed by atoms with Gasteiger partial charge in [0.2, 0.25) is 0 Å². The second-order valence-corrected chi connectivity index (χ2v) is 5.89. The van der Waals surface area contributed by atoms with Crippen molar-refractivity contribution >= 4 is 11.8 Å². The van der Waals surface area contributed by atoms with Crippen molar-refractivity contribution in [3.8, 4) is 0 Å². The minimum atomic E-state index is -0.0505. The van der Waals surface area contributed by atoms with Crippen molar-refractivity contribution in [3.63, 3.8) is 0 Å². The zero-order valence-corrected chi connectivity index (χ0v) is 13.1. The molecule has 1 heterocycles. The summed E-state index contributed by atoms with van der Waals surface area (Å²) in [5.41, 5.74) is 0.837. The van der Waals surface area contributed by atoms with E-state index in [1.165, 1.54) is 0 Å². The zero-order chi connectivity index (χ0) is 14.3. The Morgan fingerprint density at radius 1 is 1.47 bits per heavy atom. The van der Waals surface area contributed by atoms with Crippen molar-refractivity contribution in [2.75, 3.05) is 12.8 Å². The average Bonchev–Trinajstić information content (AvgIpc) is 2.38. The minimum Gasteiger partial charge on any atom is -0.316 e. The van der Waals surface area contributed by atoms with Crippen molar-refractivity contribution in [1.82, 2.24) is 15.3 Å². The fourth-order valence-corrected chi connectivity index (χ4v) is 3.11. The van der Waals surface area contributed by atoms with Gasteiger partial charge in [0.15, 0.2) is 5.16 Å². The van der Waals surface area contributed by atoms with Gasteiger partial charge in [-0.3, -0.25) is 4.79 Å². The maximum atomic E-state index is 11.6. The van der Waals surface area contributed by atoms with Gasteiger partial charge in [0.25, 0.3) is 5.56 Å². The van der Waals surface area contributed by atoms with E-state index in [1.807, 2.05) is 7.05 Å². The molecule has 0 spiro atoms. The highest BCUT2D eigenvalue weighted by Crippen LogP contribution is 2.18. The van der Waals surface area contributed by atoms with E-state index in [-0.39, 0.29) is 5.56 Å². The molecule has 2 atom stereocenters. The summed E-state index contributed by atoms with van der Waals surface area (Å²) >= 11 is 1.62. The minimum absolute atomic E-state index is 0.0505. The molecular formula is C14H25N3OS. The Bertz CT molecular complexity index is 433. The quantitative estimate of drug-likeness (QED) is 0.568. The van der Waals surface area contributed by atoms with Gasteiger partial charge in [-0.2, -0.15) is 0 Å². The first-order chi connectivity index (χ1) is 9.10. The van der Waals surface area contributed by atoms with Crippen molar-refractivity contribution in [2.24, 2.45) is 5.92 Å². The summed E-state index contributed by atoms with van der Waals surface area (Å²) in [6, 6.07) is 2.03. The molecule has 1 rings (SSSR count). The summed E-state index contributed by atoms with van der Waals surface area (Å²) in [4.78, 5) is 18.9. The third-order valence-electron chi connectivity index (χ3n) is 3.38. The van der Waals surface area contributed by atoms with Crippen LogP contribution in [-0.4, -0.2) is 28.8 Å². The van der Waals surface area contributed by atoms with E-state index in [1.54, 1.807) is 17.8 Å². The van der Waals surface area contributed by atoms with Crippen LogP contribution in [-0.2, 0) is 6.42 Å². The molecule has 0 aliphatic carbocycles. The van der Waals surface area contributed by atoms with Crippen molar-refractivity contribution in [2.45, 2.75) is 51.2 Å². The van der Waals surface area contributed by atoms with Gasteiger partial charge in [-0.05, 0) is 19.4 Å². The molecule has 4 nitrogen and oxygen atoms in total. The third-order valence-corrected chi connectivity index (χ3v) is 4.37. The van der Waals surface area contributed by atoms with Crippen LogP contribution in [0.5, 0.6) is 0 Å². The molecule has 0 fully saturated rings. The standard InChI is InChI=1S/C14H25N3OS/c1-5-7-11-8-13(18)17-14(16-11)19-9-12(15-4)10(3)6-2/h8,10,12,15H,5-7,9H2,1-4H3,(H,16,17,18). The number of H-pyrrole nitrogens is 1. The fraction of sp³-hybridized carbons (Fsp3) is 0.714. The van der Waals surface area contributed by atoms with Crippen LogP contribution >= 0.6 is 11.8 Å². The molecule has 1 aromatic rings. The summed E-state index contributed by atoms with van der Waals surface area (Å²) in [5, 5.41) is 4.07. The van der Waals surface area contributed by atoms with Gasteiger partial charge >= 0.3 is 0 Å². The van der Waals surface area contributed by atoms with Gasteiger partial charge in [0.05, 0.1) is 0 Å². The normalized spacial score (nSPS) is 14.3. The van der Waals surface area contributed by atoms with Crippen LogP contribution in [0.4, 0.5) is 0 Å². The molecule has 0 radical (unpaired) electrons. The molecule has 0 aromatic carbocycles. The lowest BCUT2D eigenvalue weighted by Gasteiger charge is -2.21. The molecule has 0 aliphatic rings. The van der Waals surface area contributed by atoms with Crippen LogP contribution < -0.4 is 10.9 Å². The maximum absolute atomic E-state index is 11.6. The van der Waals surface area contributed by atoms with Gasteiger partial charge in [-0.1, -0.05) is 45.4 Å². The number of thioether (sulfide) groups is 1. The van der Waals surface area contributed by atoms with Gasteiger partial charge in [0.1, 0.15) is 0 Å². The molecule has 0 aliphatic heterocycles. The largest absolute Gasteiger partial charge is 0.316 e. The molecule has 0 amide bonds. The lowest BCUT2D eigenvalue weighted by atomic mass is 10.0. The van der Waals surface area contributed by atoms with Crippen molar-refractivity contribution < 1.29 is 0 Å². The first-order valence-electron chi connectivity index (χ1n) is 7.01. The van der Waals surface area contributed by atoms with Gasteiger partial charge in [0, 0.05) is 23.6 Å². The van der Waals surface area contributed by atoms with Gasteiger partial charge < -0.3 is 10.3 Å². The Hall–Kier alpha value is -0.810. The van der Waals surface area contributed by atoms with E-state index >= 15 is 0 Å². The Balaban J connectivity index is 2.68. The molecule has 2 unspecified atom stereocenters. The zero-order valence-electron chi connectivity index (χ0n) is 12.3. The summed E-state index contributed by atoms with van der Waals surface area (Å²) < 4.78 is 0. The smallest absolute Gasteiger partial charge is 0.251 e. The predicted octanol–water partition coefficient (Wildman–Crippen LogP) is 2.45. The van der Waals surface area contributed by atoms with Gasteiger partial charge in [-0.25, -0.2) is 4.98 Å². The average molecular weight is 283 g/mol. The van der Waals surface area contributed by atoms with E-state index < -0.39 is 0 Å². The molecule has 19 heavy (non-hydrogen) atoms. The van der Waals surface area contributed by atoms with E-state index in [0.29, 0.717) is 12.0 Å². The van der Waals surface area contributed by atoms with Gasteiger partial charge in [-0.15, -0.1) is 0 Å². The lowest BCUT2D eigenvalue weighted by molar-refractivity contribution is 0.420. The van der Waals surface area contributed by atoms with Crippen molar-refractivity contribution in [3.05, 3.63) is 22.1 Å². The van der Waals surface area contributed by atoms with Crippen LogP contribution in [0, 0.1) is 5.92 Å². The number of aromatic amines is 1. The Kier molecular flexibility index (Phi) is 7.16. The molecule has 2 N–H and O–H groups in total. The predicted molar refractivity (Wildman–Crippen MR) is 81.9 cm³/mol.